The Morgan fingerprint density at radius 3 is 3.17 bits per heavy atom. The second kappa shape index (κ2) is 7.13. The quantitative estimate of drug-likeness (QED) is 0.550. The van der Waals surface area contributed by atoms with Crippen molar-refractivity contribution in [3.63, 3.8) is 0 Å². The molecule has 122 valence electrons. The number of amides is 1. The molecule has 1 N–H and O–H groups in total. The first-order valence-electron chi connectivity index (χ1n) is 7.63. The molecule has 1 aliphatic heterocycles. The summed E-state index contributed by atoms with van der Waals surface area (Å²) < 4.78 is 0. The minimum atomic E-state index is 0.0497. The Kier molecular flexibility index (Phi) is 4.73. The molecule has 0 saturated carbocycles. The second-order valence-corrected chi connectivity index (χ2v) is 8.40. The molecule has 24 heavy (non-hydrogen) atoms. The molecule has 0 radical (unpaired) electrons. The summed E-state index contributed by atoms with van der Waals surface area (Å²) >= 11 is 4.92. The molecular weight excluding hydrogens is 358 g/mol. The van der Waals surface area contributed by atoms with Gasteiger partial charge >= 0.3 is 0 Å². The predicted octanol–water partition coefficient (Wildman–Crippen LogP) is 4.14. The van der Waals surface area contributed by atoms with E-state index in [9.17, 15) is 4.79 Å². The van der Waals surface area contributed by atoms with Gasteiger partial charge in [-0.25, -0.2) is 9.97 Å². The van der Waals surface area contributed by atoms with Crippen molar-refractivity contribution in [3.05, 3.63) is 47.6 Å². The number of rotatable bonds is 4. The molecule has 1 atom stereocenters. The van der Waals surface area contributed by atoms with Gasteiger partial charge in [-0.15, -0.1) is 23.1 Å². The number of nitrogens with one attached hydrogen (secondary N) is 1. The maximum Gasteiger partial charge on any atom is 0.230 e. The molecule has 0 aliphatic carbocycles. The largest absolute Gasteiger partial charge is 0.349 e. The molecule has 7 heteroatoms. The van der Waals surface area contributed by atoms with Gasteiger partial charge in [0.1, 0.15) is 16.2 Å². The molecule has 3 heterocycles. The maximum atomic E-state index is 12.4. The third-order valence-electron chi connectivity index (χ3n) is 3.86. The van der Waals surface area contributed by atoms with Crippen LogP contribution in [-0.4, -0.2) is 27.4 Å². The Hall–Kier alpha value is -1.57. The number of hydrogen-bond donors (Lipinski definition) is 1. The summed E-state index contributed by atoms with van der Waals surface area (Å²) in [6, 6.07) is 10.4. The van der Waals surface area contributed by atoms with Gasteiger partial charge in [0.2, 0.25) is 5.91 Å². The predicted molar refractivity (Wildman–Crippen MR) is 101 cm³/mol. The van der Waals surface area contributed by atoms with Crippen LogP contribution in [0.2, 0.25) is 0 Å². The highest BCUT2D eigenvalue weighted by molar-refractivity contribution is 8.00. The minimum absolute atomic E-state index is 0.0497. The van der Waals surface area contributed by atoms with Gasteiger partial charge in [-0.2, -0.15) is 0 Å². The number of carbonyl (C=O) groups excluding carboxylic acids is 1. The second-order valence-electron chi connectivity index (χ2n) is 5.40. The summed E-state index contributed by atoms with van der Waals surface area (Å²) in [4.78, 5) is 23.2. The first kappa shape index (κ1) is 15.9. The van der Waals surface area contributed by atoms with E-state index >= 15 is 0 Å². The summed E-state index contributed by atoms with van der Waals surface area (Å²) in [7, 11) is 0. The average molecular weight is 374 g/mol. The topological polar surface area (TPSA) is 54.9 Å². The first-order valence-corrected chi connectivity index (χ1v) is 10.5. The van der Waals surface area contributed by atoms with E-state index in [4.69, 9.17) is 0 Å². The van der Waals surface area contributed by atoms with E-state index in [0.717, 1.165) is 27.4 Å². The van der Waals surface area contributed by atoms with Crippen molar-refractivity contribution in [2.75, 3.05) is 11.5 Å². The van der Waals surface area contributed by atoms with Crippen LogP contribution in [0.15, 0.2) is 52.0 Å². The fourth-order valence-corrected chi connectivity index (χ4v) is 5.46. The lowest BCUT2D eigenvalue weighted by Gasteiger charge is -2.25. The Bertz CT molecular complexity index is 880. The van der Waals surface area contributed by atoms with Crippen LogP contribution >= 0.6 is 34.9 Å². The molecule has 0 bridgehead atoms. The molecule has 1 aromatic carbocycles. The van der Waals surface area contributed by atoms with Crippen molar-refractivity contribution in [1.82, 2.24) is 15.3 Å². The van der Waals surface area contributed by atoms with Gasteiger partial charge < -0.3 is 5.32 Å². The lowest BCUT2D eigenvalue weighted by atomic mass is 10.0. The highest BCUT2D eigenvalue weighted by Crippen LogP contribution is 2.36. The van der Waals surface area contributed by atoms with E-state index in [1.54, 1.807) is 17.7 Å². The number of hydrogen-bond acceptors (Lipinski definition) is 6. The van der Waals surface area contributed by atoms with Crippen molar-refractivity contribution in [2.24, 2.45) is 0 Å². The van der Waals surface area contributed by atoms with Gasteiger partial charge in [-0.1, -0.05) is 30.0 Å². The van der Waals surface area contributed by atoms with Gasteiger partial charge in [-0.3, -0.25) is 4.79 Å². The van der Waals surface area contributed by atoms with Crippen LogP contribution in [0.3, 0.4) is 0 Å². The Morgan fingerprint density at radius 1 is 1.29 bits per heavy atom. The van der Waals surface area contributed by atoms with E-state index in [2.05, 4.69) is 27.4 Å². The van der Waals surface area contributed by atoms with Gasteiger partial charge in [0, 0.05) is 16.0 Å². The number of nitrogens with zero attached hydrogens (tertiary/aromatic N) is 2. The summed E-state index contributed by atoms with van der Waals surface area (Å²) in [6.45, 7) is 0. The van der Waals surface area contributed by atoms with E-state index in [-0.39, 0.29) is 11.9 Å². The lowest BCUT2D eigenvalue weighted by Crippen LogP contribution is -2.31. The van der Waals surface area contributed by atoms with Crippen molar-refractivity contribution in [3.8, 4) is 0 Å². The van der Waals surface area contributed by atoms with Crippen LogP contribution in [-0.2, 0) is 4.79 Å². The summed E-state index contributed by atoms with van der Waals surface area (Å²) in [5.74, 6) is 1.46. The Balaban J connectivity index is 1.42. The third kappa shape index (κ3) is 3.29. The van der Waals surface area contributed by atoms with E-state index < -0.39 is 0 Å². The van der Waals surface area contributed by atoms with Crippen LogP contribution in [0.1, 0.15) is 18.0 Å². The zero-order chi connectivity index (χ0) is 16.4. The van der Waals surface area contributed by atoms with Crippen molar-refractivity contribution in [1.29, 1.82) is 0 Å². The van der Waals surface area contributed by atoms with Crippen molar-refractivity contribution in [2.45, 2.75) is 22.4 Å². The van der Waals surface area contributed by atoms with Crippen molar-refractivity contribution < 1.29 is 4.79 Å². The van der Waals surface area contributed by atoms with Crippen LogP contribution in [0, 0.1) is 0 Å². The zero-order valence-electron chi connectivity index (χ0n) is 12.8. The summed E-state index contributed by atoms with van der Waals surface area (Å²) in [6.07, 6.45) is 2.54. The Morgan fingerprint density at radius 2 is 2.21 bits per heavy atom. The highest BCUT2D eigenvalue weighted by Gasteiger charge is 2.22. The highest BCUT2D eigenvalue weighted by atomic mass is 32.2. The van der Waals surface area contributed by atoms with Crippen LogP contribution in [0.25, 0.3) is 10.2 Å². The number of carbonyl (C=O) groups is 1. The molecular formula is C17H15N3OS3. The maximum absolute atomic E-state index is 12.4. The average Bonchev–Trinajstić information content (AvgIpc) is 3.09. The first-order chi connectivity index (χ1) is 11.8. The molecule has 0 unspecified atom stereocenters. The fourth-order valence-electron chi connectivity index (χ4n) is 2.74. The number of fused-ring (bicyclic) bond motifs is 2. The monoisotopic (exact) mass is 373 g/mol. The normalized spacial score (nSPS) is 16.8. The van der Waals surface area contributed by atoms with Crippen LogP contribution in [0.4, 0.5) is 0 Å². The molecule has 0 spiro atoms. The molecule has 3 aromatic rings. The number of thiophene rings is 1. The van der Waals surface area contributed by atoms with Crippen molar-refractivity contribution >= 4 is 51.0 Å². The number of benzene rings is 1. The molecule has 1 aliphatic rings. The smallest absolute Gasteiger partial charge is 0.230 e. The van der Waals surface area contributed by atoms with Gasteiger partial charge in [0.05, 0.1) is 11.8 Å². The van der Waals surface area contributed by atoms with E-state index in [0.29, 0.717) is 5.75 Å². The zero-order valence-corrected chi connectivity index (χ0v) is 15.2. The van der Waals surface area contributed by atoms with Gasteiger partial charge in [0.15, 0.2) is 0 Å². The lowest BCUT2D eigenvalue weighted by molar-refractivity contribution is -0.119. The Labute approximate surface area is 152 Å². The number of thioether (sulfide) groups is 2. The van der Waals surface area contributed by atoms with E-state index in [1.807, 2.05) is 35.3 Å². The SMILES string of the molecule is O=C(CSc1ncnc2sccc12)N[C@H]1CCSc2ccccc21. The standard InChI is InChI=1S/C17H15N3OS3/c21-15(9-24-17-12-5-7-23-16(12)18-10-19-17)20-13-6-8-22-14-4-2-1-3-11(13)14/h1-5,7,10,13H,6,8-9H2,(H,20,21)/t13-/m0/s1. The molecule has 0 fully saturated rings. The van der Waals surface area contributed by atoms with Gasteiger partial charge in [0.25, 0.3) is 0 Å². The van der Waals surface area contributed by atoms with Crippen LogP contribution in [0.5, 0.6) is 0 Å². The van der Waals surface area contributed by atoms with Gasteiger partial charge in [-0.05, 0) is 29.5 Å². The summed E-state index contributed by atoms with van der Waals surface area (Å²) in [5.41, 5.74) is 1.23. The fraction of sp³-hybridized carbons (Fsp3) is 0.235. The number of aromatic nitrogens is 2. The molecule has 1 amide bonds. The third-order valence-corrected chi connectivity index (χ3v) is 6.81. The molecule has 0 saturated heterocycles. The molecule has 2 aromatic heterocycles. The summed E-state index contributed by atoms with van der Waals surface area (Å²) in [5, 5.41) is 7.07. The minimum Gasteiger partial charge on any atom is -0.349 e. The molecule has 4 rings (SSSR count). The van der Waals surface area contributed by atoms with E-state index in [1.165, 1.54) is 22.2 Å². The molecule has 4 nitrogen and oxygen atoms in total. The van der Waals surface area contributed by atoms with Crippen LogP contribution < -0.4 is 5.32 Å².